The molecule has 0 radical (unpaired) electrons. The molecule has 1 N–H and O–H groups in total. The second-order valence-electron chi connectivity index (χ2n) is 3.49. The zero-order chi connectivity index (χ0) is 10.8. The number of hydrogen-bond donors (Lipinski definition) is 1. The van der Waals surface area contributed by atoms with Crippen molar-refractivity contribution in [1.29, 1.82) is 0 Å². The Balaban J connectivity index is 2.14. The molecule has 0 bridgehead atoms. The second-order valence-corrected chi connectivity index (χ2v) is 4.44. The van der Waals surface area contributed by atoms with Crippen molar-refractivity contribution in [2.45, 2.75) is 0 Å². The van der Waals surface area contributed by atoms with Crippen LogP contribution in [0, 0.1) is 0 Å². The summed E-state index contributed by atoms with van der Waals surface area (Å²) in [5.74, 6) is 0. The van der Waals surface area contributed by atoms with E-state index in [9.17, 15) is 0 Å². The van der Waals surface area contributed by atoms with Crippen molar-refractivity contribution in [3.8, 4) is 21.7 Å². The molecule has 0 amide bonds. The summed E-state index contributed by atoms with van der Waals surface area (Å²) in [7, 11) is 0. The highest BCUT2D eigenvalue weighted by Gasteiger charge is 2.10. The first-order valence-electron chi connectivity index (χ1n) is 5.08. The van der Waals surface area contributed by atoms with Crippen LogP contribution in [0.25, 0.3) is 21.7 Å². The standard InChI is InChI=1S/C13H10N2S/c1-2-5-10(6-3-1)13-11(9-14-15-13)12-7-4-8-16-12/h1-9H,(H,14,15). The van der Waals surface area contributed by atoms with E-state index >= 15 is 0 Å². The van der Waals surface area contributed by atoms with Gasteiger partial charge in [0.1, 0.15) is 5.69 Å². The van der Waals surface area contributed by atoms with Gasteiger partial charge in [-0.2, -0.15) is 5.10 Å². The van der Waals surface area contributed by atoms with Gasteiger partial charge in [0.25, 0.3) is 0 Å². The molecule has 0 aliphatic carbocycles. The average Bonchev–Trinajstić information content (AvgIpc) is 3.01. The molecule has 1 aromatic carbocycles. The van der Waals surface area contributed by atoms with Crippen LogP contribution in [0.4, 0.5) is 0 Å². The number of thiophene rings is 1. The molecule has 0 unspecified atom stereocenters. The molecule has 3 heteroatoms. The number of benzene rings is 1. The number of hydrogen-bond acceptors (Lipinski definition) is 2. The Morgan fingerprint density at radius 1 is 1.00 bits per heavy atom. The zero-order valence-electron chi connectivity index (χ0n) is 8.55. The Morgan fingerprint density at radius 3 is 2.62 bits per heavy atom. The topological polar surface area (TPSA) is 28.7 Å². The van der Waals surface area contributed by atoms with E-state index in [0.717, 1.165) is 11.3 Å². The maximum Gasteiger partial charge on any atom is 0.101 e. The lowest BCUT2D eigenvalue weighted by atomic mass is 10.1. The van der Waals surface area contributed by atoms with Gasteiger partial charge in [0, 0.05) is 22.2 Å². The average molecular weight is 226 g/mol. The molecule has 0 saturated carbocycles. The molecule has 0 aliphatic rings. The first kappa shape index (κ1) is 9.36. The molecule has 3 rings (SSSR count). The number of nitrogens with zero attached hydrogens (tertiary/aromatic N) is 1. The molecule has 0 aliphatic heterocycles. The van der Waals surface area contributed by atoms with Gasteiger partial charge in [0.15, 0.2) is 0 Å². The van der Waals surface area contributed by atoms with Crippen molar-refractivity contribution < 1.29 is 0 Å². The highest BCUT2D eigenvalue weighted by Crippen LogP contribution is 2.32. The predicted octanol–water partition coefficient (Wildman–Crippen LogP) is 3.81. The fourth-order valence-electron chi connectivity index (χ4n) is 1.73. The van der Waals surface area contributed by atoms with E-state index in [-0.39, 0.29) is 0 Å². The molecule has 0 saturated heterocycles. The van der Waals surface area contributed by atoms with Gasteiger partial charge in [-0.15, -0.1) is 11.3 Å². The normalized spacial score (nSPS) is 10.5. The number of H-pyrrole nitrogens is 1. The van der Waals surface area contributed by atoms with E-state index in [1.54, 1.807) is 11.3 Å². The summed E-state index contributed by atoms with van der Waals surface area (Å²) in [5.41, 5.74) is 3.33. The molecule has 0 spiro atoms. The molecular weight excluding hydrogens is 216 g/mol. The van der Waals surface area contributed by atoms with Crippen molar-refractivity contribution in [2.75, 3.05) is 0 Å². The van der Waals surface area contributed by atoms with Crippen LogP contribution in [0.1, 0.15) is 0 Å². The molecule has 78 valence electrons. The molecule has 2 aromatic heterocycles. The summed E-state index contributed by atoms with van der Waals surface area (Å²) in [5, 5.41) is 9.35. The number of aromatic nitrogens is 2. The minimum atomic E-state index is 1.02. The van der Waals surface area contributed by atoms with Crippen LogP contribution in [-0.2, 0) is 0 Å². The molecule has 0 fully saturated rings. The third-order valence-electron chi connectivity index (χ3n) is 2.47. The molecule has 2 nitrogen and oxygen atoms in total. The minimum Gasteiger partial charge on any atom is -0.284 e. The van der Waals surface area contributed by atoms with Gasteiger partial charge in [-0.25, -0.2) is 0 Å². The largest absolute Gasteiger partial charge is 0.284 e. The lowest BCUT2D eigenvalue weighted by molar-refractivity contribution is 1.10. The molecule has 0 atom stereocenters. The van der Waals surface area contributed by atoms with Crippen LogP contribution in [0.5, 0.6) is 0 Å². The lowest BCUT2D eigenvalue weighted by Gasteiger charge is -1.99. The summed E-state index contributed by atoms with van der Waals surface area (Å²) in [4.78, 5) is 1.24. The maximum atomic E-state index is 4.32. The predicted molar refractivity (Wildman–Crippen MR) is 67.3 cm³/mol. The van der Waals surface area contributed by atoms with Crippen LogP contribution in [0.2, 0.25) is 0 Å². The van der Waals surface area contributed by atoms with Crippen molar-refractivity contribution >= 4 is 11.3 Å². The summed E-state index contributed by atoms with van der Waals surface area (Å²) < 4.78 is 0. The van der Waals surface area contributed by atoms with Crippen molar-refractivity contribution in [3.63, 3.8) is 0 Å². The van der Waals surface area contributed by atoms with E-state index in [2.05, 4.69) is 39.8 Å². The Morgan fingerprint density at radius 2 is 1.88 bits per heavy atom. The van der Waals surface area contributed by atoms with Crippen molar-refractivity contribution in [1.82, 2.24) is 10.2 Å². The van der Waals surface area contributed by atoms with Crippen LogP contribution >= 0.6 is 11.3 Å². The van der Waals surface area contributed by atoms with Gasteiger partial charge >= 0.3 is 0 Å². The first-order valence-corrected chi connectivity index (χ1v) is 5.96. The quantitative estimate of drug-likeness (QED) is 0.707. The van der Waals surface area contributed by atoms with Crippen LogP contribution < -0.4 is 0 Å². The van der Waals surface area contributed by atoms with Gasteiger partial charge < -0.3 is 0 Å². The summed E-state index contributed by atoms with van der Waals surface area (Å²) in [6.45, 7) is 0. The second kappa shape index (κ2) is 3.94. The highest BCUT2D eigenvalue weighted by molar-refractivity contribution is 7.13. The van der Waals surface area contributed by atoms with Crippen LogP contribution in [-0.4, -0.2) is 10.2 Å². The van der Waals surface area contributed by atoms with Gasteiger partial charge in [-0.1, -0.05) is 36.4 Å². The Bertz CT molecular complexity index is 567. The van der Waals surface area contributed by atoms with Crippen molar-refractivity contribution in [3.05, 3.63) is 54.0 Å². The Labute approximate surface area is 97.6 Å². The summed E-state index contributed by atoms with van der Waals surface area (Å²) in [6, 6.07) is 14.4. The van der Waals surface area contributed by atoms with Crippen LogP contribution in [0.3, 0.4) is 0 Å². The smallest absolute Gasteiger partial charge is 0.101 e. The van der Waals surface area contributed by atoms with Gasteiger partial charge in [0.05, 0.1) is 0 Å². The molecular formula is C13H10N2S. The van der Waals surface area contributed by atoms with E-state index < -0.39 is 0 Å². The molecule has 16 heavy (non-hydrogen) atoms. The third-order valence-corrected chi connectivity index (χ3v) is 3.38. The minimum absolute atomic E-state index is 1.02. The third kappa shape index (κ3) is 1.55. The van der Waals surface area contributed by atoms with E-state index in [4.69, 9.17) is 0 Å². The lowest BCUT2D eigenvalue weighted by Crippen LogP contribution is -1.79. The number of rotatable bonds is 2. The highest BCUT2D eigenvalue weighted by atomic mass is 32.1. The summed E-state index contributed by atoms with van der Waals surface area (Å²) >= 11 is 1.73. The maximum absolute atomic E-state index is 4.32. The number of nitrogens with one attached hydrogen (secondary N) is 1. The Kier molecular flexibility index (Phi) is 2.31. The van der Waals surface area contributed by atoms with Crippen LogP contribution in [0.15, 0.2) is 54.0 Å². The first-order chi connectivity index (χ1) is 7.95. The molecule has 2 heterocycles. The SMILES string of the molecule is c1ccc(-c2n[nH]cc2-c2cccs2)cc1. The van der Waals surface area contributed by atoms with E-state index in [1.807, 2.05) is 24.4 Å². The summed E-state index contributed by atoms with van der Waals surface area (Å²) in [6.07, 6.45) is 1.95. The fourth-order valence-corrected chi connectivity index (χ4v) is 2.47. The Hall–Kier alpha value is -1.87. The van der Waals surface area contributed by atoms with Gasteiger partial charge in [-0.3, -0.25) is 5.10 Å². The van der Waals surface area contributed by atoms with Crippen molar-refractivity contribution in [2.24, 2.45) is 0 Å². The number of aromatic amines is 1. The fraction of sp³-hybridized carbons (Fsp3) is 0. The van der Waals surface area contributed by atoms with Gasteiger partial charge in [0.2, 0.25) is 0 Å². The van der Waals surface area contributed by atoms with Gasteiger partial charge in [-0.05, 0) is 11.4 Å². The zero-order valence-corrected chi connectivity index (χ0v) is 9.37. The molecule has 3 aromatic rings. The monoisotopic (exact) mass is 226 g/mol. The van der Waals surface area contributed by atoms with E-state index in [1.165, 1.54) is 10.4 Å². The van der Waals surface area contributed by atoms with E-state index in [0.29, 0.717) is 0 Å².